The molecule has 0 radical (unpaired) electrons. The van der Waals surface area contributed by atoms with Gasteiger partial charge in [0.05, 0.1) is 17.8 Å². The Morgan fingerprint density at radius 1 is 1.31 bits per heavy atom. The number of halogens is 1. The molecule has 0 unspecified atom stereocenters. The summed E-state index contributed by atoms with van der Waals surface area (Å²) in [5.41, 5.74) is -0.000995. The largest absolute Gasteiger partial charge is 0.394 e. The van der Waals surface area contributed by atoms with Crippen LogP contribution >= 0.6 is 0 Å². The van der Waals surface area contributed by atoms with Crippen molar-refractivity contribution < 1.29 is 14.2 Å². The Kier molecular flexibility index (Phi) is 3.41. The fourth-order valence-corrected chi connectivity index (χ4v) is 1.93. The summed E-state index contributed by atoms with van der Waals surface area (Å²) in [7, 11) is 0. The molecule has 16 heavy (non-hydrogen) atoms. The molecule has 1 aliphatic heterocycles. The molecule has 1 heterocycles. The Morgan fingerprint density at radius 2 is 2.00 bits per heavy atom. The van der Waals surface area contributed by atoms with Gasteiger partial charge in [0.15, 0.2) is 0 Å². The van der Waals surface area contributed by atoms with Crippen LogP contribution in [0.3, 0.4) is 0 Å². The number of aliphatic hydroxyl groups excluding tert-OH is 1. The summed E-state index contributed by atoms with van der Waals surface area (Å²) in [6.45, 7) is 1.19. The lowest BCUT2D eigenvalue weighted by atomic mass is 9.90. The molecule has 1 fully saturated rings. The van der Waals surface area contributed by atoms with Crippen molar-refractivity contribution in [3.63, 3.8) is 0 Å². The monoisotopic (exact) mass is 225 g/mol. The molecule has 0 aliphatic carbocycles. The van der Waals surface area contributed by atoms with Gasteiger partial charge in [-0.05, 0) is 25.0 Å². The Morgan fingerprint density at radius 3 is 2.62 bits per heavy atom. The molecule has 1 aromatic rings. The molecule has 3 nitrogen and oxygen atoms in total. The lowest BCUT2D eigenvalue weighted by Crippen LogP contribution is -2.47. The van der Waals surface area contributed by atoms with E-state index in [0.29, 0.717) is 31.7 Å². The van der Waals surface area contributed by atoms with E-state index in [1.54, 1.807) is 18.2 Å². The van der Waals surface area contributed by atoms with Crippen molar-refractivity contribution in [2.24, 2.45) is 0 Å². The summed E-state index contributed by atoms with van der Waals surface area (Å²) < 4.78 is 18.7. The molecule has 0 amide bonds. The molecular weight excluding hydrogens is 209 g/mol. The highest BCUT2D eigenvalue weighted by Gasteiger charge is 2.32. The minimum atomic E-state index is -0.444. The lowest BCUT2D eigenvalue weighted by Gasteiger charge is -2.37. The molecule has 0 atom stereocenters. The fraction of sp³-hybridized carbons (Fsp3) is 0.500. The first-order valence-electron chi connectivity index (χ1n) is 5.47. The number of ether oxygens (including phenoxy) is 1. The van der Waals surface area contributed by atoms with E-state index >= 15 is 0 Å². The predicted octanol–water partition coefficient (Wildman–Crippen LogP) is 1.78. The van der Waals surface area contributed by atoms with Crippen molar-refractivity contribution in [2.45, 2.75) is 18.4 Å². The zero-order chi connectivity index (χ0) is 11.4. The standard InChI is InChI=1S/C12H16FNO2/c13-10-3-1-2-4-11(10)14-12(9-15)5-7-16-8-6-12/h1-4,14-15H,5-9H2. The Hall–Kier alpha value is -1.13. The summed E-state index contributed by atoms with van der Waals surface area (Å²) in [6, 6.07) is 6.51. The van der Waals surface area contributed by atoms with Gasteiger partial charge in [-0.2, -0.15) is 0 Å². The lowest BCUT2D eigenvalue weighted by molar-refractivity contribution is 0.0378. The van der Waals surface area contributed by atoms with Crippen molar-refractivity contribution in [1.82, 2.24) is 0 Å². The summed E-state index contributed by atoms with van der Waals surface area (Å²) in [4.78, 5) is 0. The third-order valence-corrected chi connectivity index (χ3v) is 3.03. The third-order valence-electron chi connectivity index (χ3n) is 3.03. The topological polar surface area (TPSA) is 41.5 Å². The van der Waals surface area contributed by atoms with E-state index < -0.39 is 5.54 Å². The minimum absolute atomic E-state index is 0.00923. The van der Waals surface area contributed by atoms with Gasteiger partial charge in [-0.1, -0.05) is 12.1 Å². The first-order chi connectivity index (χ1) is 7.76. The molecular formula is C12H16FNO2. The van der Waals surface area contributed by atoms with Gasteiger partial charge in [-0.3, -0.25) is 0 Å². The second-order valence-corrected chi connectivity index (χ2v) is 4.16. The average Bonchev–Trinajstić information content (AvgIpc) is 2.33. The maximum Gasteiger partial charge on any atom is 0.146 e. The van der Waals surface area contributed by atoms with E-state index in [2.05, 4.69) is 5.32 Å². The number of rotatable bonds is 3. The van der Waals surface area contributed by atoms with Gasteiger partial charge in [-0.25, -0.2) is 4.39 Å². The van der Waals surface area contributed by atoms with Crippen LogP contribution in [0, 0.1) is 5.82 Å². The maximum atomic E-state index is 13.5. The summed E-state index contributed by atoms with van der Waals surface area (Å²) in [5, 5.41) is 12.6. The number of hydrogen-bond acceptors (Lipinski definition) is 3. The van der Waals surface area contributed by atoms with Crippen LogP contribution < -0.4 is 5.32 Å². The van der Waals surface area contributed by atoms with Crippen molar-refractivity contribution in [3.05, 3.63) is 30.1 Å². The van der Waals surface area contributed by atoms with Gasteiger partial charge in [0.1, 0.15) is 5.82 Å². The van der Waals surface area contributed by atoms with Gasteiger partial charge in [0, 0.05) is 13.2 Å². The fourth-order valence-electron chi connectivity index (χ4n) is 1.93. The van der Waals surface area contributed by atoms with Crippen molar-refractivity contribution in [1.29, 1.82) is 0 Å². The van der Waals surface area contributed by atoms with Crippen LogP contribution in [0.5, 0.6) is 0 Å². The van der Waals surface area contributed by atoms with Crippen LogP contribution in [-0.4, -0.2) is 30.5 Å². The Labute approximate surface area is 94.2 Å². The smallest absolute Gasteiger partial charge is 0.146 e. The van der Waals surface area contributed by atoms with Crippen LogP contribution in [0.1, 0.15) is 12.8 Å². The molecule has 1 aromatic carbocycles. The van der Waals surface area contributed by atoms with Crippen LogP contribution in [0.15, 0.2) is 24.3 Å². The van der Waals surface area contributed by atoms with E-state index in [0.717, 1.165) is 0 Å². The highest BCUT2D eigenvalue weighted by molar-refractivity contribution is 5.47. The van der Waals surface area contributed by atoms with Crippen LogP contribution in [0.25, 0.3) is 0 Å². The number of nitrogens with one attached hydrogen (secondary N) is 1. The summed E-state index contributed by atoms with van der Waals surface area (Å²) in [6.07, 6.45) is 1.38. The number of hydrogen-bond donors (Lipinski definition) is 2. The quantitative estimate of drug-likeness (QED) is 0.824. The van der Waals surface area contributed by atoms with Crippen LogP contribution in [0.2, 0.25) is 0 Å². The Balaban J connectivity index is 2.15. The summed E-state index contributed by atoms with van der Waals surface area (Å²) >= 11 is 0. The van der Waals surface area contributed by atoms with Crippen LogP contribution in [-0.2, 0) is 4.74 Å². The number of benzene rings is 1. The van der Waals surface area contributed by atoms with Crippen molar-refractivity contribution >= 4 is 5.69 Å². The maximum absolute atomic E-state index is 13.5. The molecule has 2 rings (SSSR count). The molecule has 0 saturated carbocycles. The van der Waals surface area contributed by atoms with Gasteiger partial charge >= 0.3 is 0 Å². The first-order valence-corrected chi connectivity index (χ1v) is 5.47. The van der Waals surface area contributed by atoms with E-state index in [4.69, 9.17) is 4.74 Å². The number of aliphatic hydroxyl groups is 1. The highest BCUT2D eigenvalue weighted by Crippen LogP contribution is 2.26. The third kappa shape index (κ3) is 2.33. The zero-order valence-corrected chi connectivity index (χ0v) is 9.08. The van der Waals surface area contributed by atoms with Crippen molar-refractivity contribution in [3.8, 4) is 0 Å². The molecule has 2 N–H and O–H groups in total. The second-order valence-electron chi connectivity index (χ2n) is 4.16. The van der Waals surface area contributed by atoms with E-state index in [1.807, 2.05) is 0 Å². The average molecular weight is 225 g/mol. The molecule has 1 saturated heterocycles. The van der Waals surface area contributed by atoms with E-state index in [-0.39, 0.29) is 12.4 Å². The van der Waals surface area contributed by atoms with Crippen molar-refractivity contribution in [2.75, 3.05) is 25.1 Å². The summed E-state index contributed by atoms with van der Waals surface area (Å²) in [5.74, 6) is -0.290. The van der Waals surface area contributed by atoms with Crippen LogP contribution in [0.4, 0.5) is 10.1 Å². The SMILES string of the molecule is OCC1(Nc2ccccc2F)CCOCC1. The van der Waals surface area contributed by atoms with Gasteiger partial charge in [0.25, 0.3) is 0 Å². The molecule has 1 aliphatic rings. The minimum Gasteiger partial charge on any atom is -0.394 e. The zero-order valence-electron chi connectivity index (χ0n) is 9.08. The molecule has 0 bridgehead atoms. The second kappa shape index (κ2) is 4.80. The highest BCUT2D eigenvalue weighted by atomic mass is 19.1. The van der Waals surface area contributed by atoms with Gasteiger partial charge in [0.2, 0.25) is 0 Å². The van der Waals surface area contributed by atoms with E-state index in [9.17, 15) is 9.50 Å². The van der Waals surface area contributed by atoms with Gasteiger partial charge < -0.3 is 15.2 Å². The molecule has 0 spiro atoms. The molecule has 4 heteroatoms. The first kappa shape index (κ1) is 11.4. The normalized spacial score (nSPS) is 19.4. The predicted molar refractivity (Wildman–Crippen MR) is 59.9 cm³/mol. The van der Waals surface area contributed by atoms with E-state index in [1.165, 1.54) is 6.07 Å². The van der Waals surface area contributed by atoms with Gasteiger partial charge in [-0.15, -0.1) is 0 Å². The number of para-hydroxylation sites is 1. The molecule has 0 aromatic heterocycles. The Bertz CT molecular complexity index is 351. The number of anilines is 1. The molecule has 88 valence electrons.